The first-order valence-corrected chi connectivity index (χ1v) is 5.08. The van der Waals surface area contributed by atoms with Crippen molar-refractivity contribution in [1.82, 2.24) is 4.98 Å². The number of anilines is 2. The summed E-state index contributed by atoms with van der Waals surface area (Å²) in [5.74, 6) is 0. The predicted molar refractivity (Wildman–Crippen MR) is 58.6 cm³/mol. The van der Waals surface area contributed by atoms with Gasteiger partial charge < -0.3 is 15.7 Å². The summed E-state index contributed by atoms with van der Waals surface area (Å²) in [6, 6.07) is 0.897. The number of nitrogens with zero attached hydrogens (tertiary/aromatic N) is 2. The van der Waals surface area contributed by atoms with Crippen LogP contribution in [0.1, 0.15) is 12.6 Å². The summed E-state index contributed by atoms with van der Waals surface area (Å²) in [5.41, 5.74) is 5.00. The zero-order valence-corrected chi connectivity index (χ0v) is 9.33. The second-order valence-corrected chi connectivity index (χ2v) is 3.43. The molecule has 0 saturated heterocycles. The van der Waals surface area contributed by atoms with Gasteiger partial charge in [0, 0.05) is 13.1 Å². The van der Waals surface area contributed by atoms with Crippen LogP contribution in [-0.4, -0.2) is 29.8 Å². The van der Waals surface area contributed by atoms with Crippen molar-refractivity contribution in [2.75, 3.05) is 30.3 Å². The van der Waals surface area contributed by atoms with Crippen LogP contribution in [0.2, 0.25) is 0 Å². The van der Waals surface area contributed by atoms with Gasteiger partial charge in [0.25, 0.3) is 0 Å². The molecule has 7 heteroatoms. The molecule has 0 aliphatic heterocycles. The summed E-state index contributed by atoms with van der Waals surface area (Å²) >= 11 is 0. The Morgan fingerprint density at radius 3 is 2.59 bits per heavy atom. The van der Waals surface area contributed by atoms with E-state index in [0.717, 1.165) is 12.3 Å². The number of aromatic nitrogens is 1. The van der Waals surface area contributed by atoms with E-state index in [1.54, 1.807) is 11.8 Å². The van der Waals surface area contributed by atoms with Crippen LogP contribution in [0.5, 0.6) is 0 Å². The summed E-state index contributed by atoms with van der Waals surface area (Å²) in [7, 11) is 0. The van der Waals surface area contributed by atoms with Crippen molar-refractivity contribution >= 4 is 11.4 Å². The molecule has 1 aromatic heterocycles. The van der Waals surface area contributed by atoms with E-state index in [1.807, 2.05) is 0 Å². The Morgan fingerprint density at radius 2 is 2.12 bits per heavy atom. The van der Waals surface area contributed by atoms with E-state index in [2.05, 4.69) is 4.98 Å². The number of likely N-dealkylation sites (N-methyl/N-ethyl adjacent to an activating group) is 1. The van der Waals surface area contributed by atoms with Crippen LogP contribution >= 0.6 is 0 Å². The molecule has 0 radical (unpaired) electrons. The van der Waals surface area contributed by atoms with Crippen molar-refractivity contribution in [3.8, 4) is 0 Å². The highest BCUT2D eigenvalue weighted by Crippen LogP contribution is 2.32. The van der Waals surface area contributed by atoms with E-state index >= 15 is 0 Å². The highest BCUT2D eigenvalue weighted by atomic mass is 19.4. The molecule has 1 aromatic rings. The van der Waals surface area contributed by atoms with Crippen LogP contribution in [0.4, 0.5) is 24.5 Å². The largest absolute Gasteiger partial charge is 0.433 e. The summed E-state index contributed by atoms with van der Waals surface area (Å²) < 4.78 is 37.4. The summed E-state index contributed by atoms with van der Waals surface area (Å²) in [6.45, 7) is 2.29. The van der Waals surface area contributed by atoms with Gasteiger partial charge in [0.1, 0.15) is 5.69 Å². The Bertz CT molecular complexity index is 382. The lowest BCUT2D eigenvalue weighted by atomic mass is 10.2. The van der Waals surface area contributed by atoms with Crippen LogP contribution in [0, 0.1) is 0 Å². The number of aliphatic hydroxyl groups excluding tert-OH is 1. The fourth-order valence-corrected chi connectivity index (χ4v) is 1.45. The van der Waals surface area contributed by atoms with Crippen molar-refractivity contribution < 1.29 is 18.3 Å². The normalized spacial score (nSPS) is 11.6. The maximum absolute atomic E-state index is 12.5. The minimum Gasteiger partial charge on any atom is -0.396 e. The predicted octanol–water partition coefficient (Wildman–Crippen LogP) is 1.50. The number of rotatable bonds is 4. The van der Waals surface area contributed by atoms with E-state index in [9.17, 15) is 13.2 Å². The smallest absolute Gasteiger partial charge is 0.396 e. The van der Waals surface area contributed by atoms with E-state index in [0.29, 0.717) is 6.54 Å². The zero-order valence-electron chi connectivity index (χ0n) is 9.33. The van der Waals surface area contributed by atoms with Gasteiger partial charge in [-0.25, -0.2) is 4.98 Å². The average molecular weight is 249 g/mol. The van der Waals surface area contributed by atoms with E-state index in [4.69, 9.17) is 10.8 Å². The van der Waals surface area contributed by atoms with Gasteiger partial charge in [-0.2, -0.15) is 13.2 Å². The maximum atomic E-state index is 12.5. The Kier molecular flexibility index (Phi) is 4.17. The third-order valence-electron chi connectivity index (χ3n) is 2.29. The molecule has 0 saturated carbocycles. The second kappa shape index (κ2) is 5.22. The van der Waals surface area contributed by atoms with Crippen LogP contribution in [0.25, 0.3) is 0 Å². The molecule has 0 aromatic carbocycles. The van der Waals surface area contributed by atoms with Crippen molar-refractivity contribution in [2.24, 2.45) is 0 Å². The molecule has 4 nitrogen and oxygen atoms in total. The van der Waals surface area contributed by atoms with Gasteiger partial charge in [-0.1, -0.05) is 0 Å². The van der Waals surface area contributed by atoms with Gasteiger partial charge >= 0.3 is 6.18 Å². The molecule has 0 amide bonds. The lowest BCUT2D eigenvalue weighted by molar-refractivity contribution is -0.141. The van der Waals surface area contributed by atoms with Crippen molar-refractivity contribution in [1.29, 1.82) is 0 Å². The Morgan fingerprint density at radius 1 is 1.47 bits per heavy atom. The number of pyridine rings is 1. The number of hydrogen-bond acceptors (Lipinski definition) is 4. The number of nitrogen functional groups attached to an aromatic ring is 1. The molecule has 1 heterocycles. The minimum absolute atomic E-state index is 0.156. The average Bonchev–Trinajstić information content (AvgIpc) is 2.25. The summed E-state index contributed by atoms with van der Waals surface area (Å²) in [6.07, 6.45) is -3.51. The summed E-state index contributed by atoms with van der Waals surface area (Å²) in [5, 5.41) is 8.83. The van der Waals surface area contributed by atoms with Gasteiger partial charge in [-0.05, 0) is 13.0 Å². The van der Waals surface area contributed by atoms with Crippen LogP contribution in [-0.2, 0) is 6.18 Å². The number of halogens is 3. The lowest BCUT2D eigenvalue weighted by Crippen LogP contribution is -2.27. The van der Waals surface area contributed by atoms with Gasteiger partial charge in [0.2, 0.25) is 0 Å². The number of aliphatic hydroxyl groups is 1. The number of nitrogens with two attached hydrogens (primary N) is 1. The van der Waals surface area contributed by atoms with E-state index < -0.39 is 11.9 Å². The third-order valence-corrected chi connectivity index (χ3v) is 2.29. The molecule has 0 aliphatic carbocycles. The standard InChI is InChI=1S/C10H14F3N3O/c1-2-16(3-4-17)8-5-9(10(11,12)13)15-6-7(8)14/h5-6,17H,2-4,14H2,1H3. The SMILES string of the molecule is CCN(CCO)c1cc(C(F)(F)F)ncc1N. The first-order chi connectivity index (χ1) is 7.90. The van der Waals surface area contributed by atoms with Gasteiger partial charge in [-0.15, -0.1) is 0 Å². The van der Waals surface area contributed by atoms with Crippen LogP contribution in [0.15, 0.2) is 12.3 Å². The molecule has 0 aliphatic rings. The van der Waals surface area contributed by atoms with Crippen molar-refractivity contribution in [2.45, 2.75) is 13.1 Å². The minimum atomic E-state index is -4.50. The number of alkyl halides is 3. The van der Waals surface area contributed by atoms with Gasteiger partial charge in [0.05, 0.1) is 24.2 Å². The maximum Gasteiger partial charge on any atom is 0.433 e. The molecule has 0 fully saturated rings. The zero-order chi connectivity index (χ0) is 13.1. The molecule has 17 heavy (non-hydrogen) atoms. The first-order valence-electron chi connectivity index (χ1n) is 5.08. The molecule has 0 unspecified atom stereocenters. The summed E-state index contributed by atoms with van der Waals surface area (Å²) in [4.78, 5) is 4.81. The van der Waals surface area contributed by atoms with Crippen molar-refractivity contribution in [3.05, 3.63) is 18.0 Å². The highest BCUT2D eigenvalue weighted by Gasteiger charge is 2.33. The van der Waals surface area contributed by atoms with Crippen molar-refractivity contribution in [3.63, 3.8) is 0 Å². The monoisotopic (exact) mass is 249 g/mol. The molecule has 0 spiro atoms. The molecule has 1 rings (SSSR count). The molecule has 0 atom stereocenters. The van der Waals surface area contributed by atoms with E-state index in [1.165, 1.54) is 0 Å². The Balaban J connectivity index is 3.13. The van der Waals surface area contributed by atoms with E-state index in [-0.39, 0.29) is 24.5 Å². The highest BCUT2D eigenvalue weighted by molar-refractivity contribution is 5.67. The van der Waals surface area contributed by atoms with Gasteiger partial charge in [-0.3, -0.25) is 0 Å². The quantitative estimate of drug-likeness (QED) is 0.848. The molecule has 3 N–H and O–H groups in total. The van der Waals surface area contributed by atoms with Gasteiger partial charge in [0.15, 0.2) is 0 Å². The second-order valence-electron chi connectivity index (χ2n) is 3.43. The molecular weight excluding hydrogens is 235 g/mol. The fourth-order valence-electron chi connectivity index (χ4n) is 1.45. The fraction of sp³-hybridized carbons (Fsp3) is 0.500. The Labute approximate surface area is 96.9 Å². The third kappa shape index (κ3) is 3.23. The number of hydrogen-bond donors (Lipinski definition) is 2. The molecular formula is C10H14F3N3O. The Hall–Kier alpha value is -1.50. The first kappa shape index (κ1) is 13.6. The molecule has 96 valence electrons. The lowest BCUT2D eigenvalue weighted by Gasteiger charge is -2.24. The molecule has 0 bridgehead atoms. The topological polar surface area (TPSA) is 62.4 Å². The van der Waals surface area contributed by atoms with Crippen LogP contribution in [0.3, 0.4) is 0 Å². The van der Waals surface area contributed by atoms with Crippen LogP contribution < -0.4 is 10.6 Å².